The maximum Gasteiger partial charge on any atom is 0.313 e. The topological polar surface area (TPSA) is 98.7 Å². The lowest BCUT2D eigenvalue weighted by atomic mass is 10.0. The predicted octanol–water partition coefficient (Wildman–Crippen LogP) is 1.57. The summed E-state index contributed by atoms with van der Waals surface area (Å²) in [5, 5.41) is 24.5. The van der Waals surface area contributed by atoms with Crippen LogP contribution in [0.25, 0.3) is 0 Å². The molecule has 2 rings (SSSR count). The summed E-state index contributed by atoms with van der Waals surface area (Å²) in [6, 6.07) is 14.3. The fourth-order valence-corrected chi connectivity index (χ4v) is 2.05. The minimum absolute atomic E-state index is 0.133. The van der Waals surface area contributed by atoms with Crippen LogP contribution < -0.4 is 10.6 Å². The molecule has 0 spiro atoms. The van der Waals surface area contributed by atoms with E-state index in [9.17, 15) is 19.8 Å². The van der Waals surface area contributed by atoms with Gasteiger partial charge >= 0.3 is 11.8 Å². The van der Waals surface area contributed by atoms with Gasteiger partial charge in [-0.05, 0) is 24.6 Å². The van der Waals surface area contributed by atoms with Gasteiger partial charge in [-0.1, -0.05) is 42.5 Å². The summed E-state index contributed by atoms with van der Waals surface area (Å²) in [5.74, 6) is -1.94. The highest BCUT2D eigenvalue weighted by Gasteiger charge is 2.22. The normalized spacial score (nSPS) is 13.0. The van der Waals surface area contributed by atoms with Crippen LogP contribution in [0, 0.1) is 0 Å². The molecule has 0 saturated heterocycles. The number of carbonyl (C=O) groups excluding carboxylic acids is 2. The van der Waals surface area contributed by atoms with Crippen LogP contribution in [-0.4, -0.2) is 28.1 Å². The first kappa shape index (κ1) is 16.5. The molecule has 0 aliphatic carbocycles. The molecule has 0 aromatic heterocycles. The third kappa shape index (κ3) is 4.31. The monoisotopic (exact) mass is 314 g/mol. The quantitative estimate of drug-likeness (QED) is 0.508. The summed E-state index contributed by atoms with van der Waals surface area (Å²) in [7, 11) is 0. The number of aliphatic hydroxyl groups excluding tert-OH is 1. The summed E-state index contributed by atoms with van der Waals surface area (Å²) in [5.41, 5.74) is 0.783. The number of hydrogen-bond acceptors (Lipinski definition) is 4. The van der Waals surface area contributed by atoms with Crippen LogP contribution in [-0.2, 0) is 9.59 Å². The van der Waals surface area contributed by atoms with Crippen molar-refractivity contribution in [2.75, 3.05) is 5.32 Å². The molecule has 4 N–H and O–H groups in total. The largest absolute Gasteiger partial charge is 0.506 e. The van der Waals surface area contributed by atoms with Gasteiger partial charge in [-0.2, -0.15) is 0 Å². The maximum absolute atomic E-state index is 11.9. The van der Waals surface area contributed by atoms with Gasteiger partial charge in [0.05, 0.1) is 17.8 Å². The lowest BCUT2D eigenvalue weighted by Crippen LogP contribution is -2.43. The molecule has 0 heterocycles. The van der Waals surface area contributed by atoms with Gasteiger partial charge in [0.15, 0.2) is 0 Å². The smallest absolute Gasteiger partial charge is 0.313 e. The van der Waals surface area contributed by atoms with Crippen molar-refractivity contribution in [3.05, 3.63) is 60.2 Å². The molecule has 2 aromatic carbocycles. The van der Waals surface area contributed by atoms with E-state index in [1.807, 2.05) is 6.07 Å². The maximum atomic E-state index is 11.9. The lowest BCUT2D eigenvalue weighted by Gasteiger charge is -2.20. The molecule has 0 aliphatic heterocycles. The zero-order valence-corrected chi connectivity index (χ0v) is 12.6. The number of carbonyl (C=O) groups is 2. The minimum atomic E-state index is -0.932. The number of amides is 2. The number of nitrogens with one attached hydrogen (secondary N) is 2. The van der Waals surface area contributed by atoms with E-state index >= 15 is 0 Å². The predicted molar refractivity (Wildman–Crippen MR) is 85.7 cm³/mol. The van der Waals surface area contributed by atoms with E-state index in [0.717, 1.165) is 0 Å². The van der Waals surface area contributed by atoms with E-state index in [4.69, 9.17) is 0 Å². The van der Waals surface area contributed by atoms with Gasteiger partial charge in [0.25, 0.3) is 0 Å². The zero-order valence-electron chi connectivity index (χ0n) is 12.6. The molecule has 6 heteroatoms. The Morgan fingerprint density at radius 2 is 1.57 bits per heavy atom. The summed E-state index contributed by atoms with van der Waals surface area (Å²) >= 11 is 0. The third-order valence-electron chi connectivity index (χ3n) is 3.33. The SMILES string of the molecule is C[C@@H](NC(=O)C(=O)Nc1ccccc1O)[C@H](O)c1ccccc1. The number of aromatic hydroxyl groups is 1. The Labute approximate surface area is 133 Å². The number of hydrogen-bond donors (Lipinski definition) is 4. The average molecular weight is 314 g/mol. The van der Waals surface area contributed by atoms with Gasteiger partial charge in [-0.25, -0.2) is 0 Å². The molecule has 23 heavy (non-hydrogen) atoms. The molecule has 0 radical (unpaired) electrons. The van der Waals surface area contributed by atoms with Crippen molar-refractivity contribution in [2.24, 2.45) is 0 Å². The van der Waals surface area contributed by atoms with E-state index < -0.39 is 24.0 Å². The van der Waals surface area contributed by atoms with Crippen LogP contribution >= 0.6 is 0 Å². The molecule has 2 amide bonds. The second-order valence-electron chi connectivity index (χ2n) is 5.09. The molecule has 0 fully saturated rings. The first-order chi connectivity index (χ1) is 11.0. The van der Waals surface area contributed by atoms with Crippen LogP contribution in [0.5, 0.6) is 5.75 Å². The first-order valence-electron chi connectivity index (χ1n) is 7.12. The van der Waals surface area contributed by atoms with Crippen molar-refractivity contribution >= 4 is 17.5 Å². The summed E-state index contributed by atoms with van der Waals surface area (Å²) < 4.78 is 0. The first-order valence-corrected chi connectivity index (χ1v) is 7.12. The van der Waals surface area contributed by atoms with Gasteiger partial charge in [0, 0.05) is 0 Å². The standard InChI is InChI=1S/C17H18N2O4/c1-11(15(21)12-7-3-2-4-8-12)18-16(22)17(23)19-13-9-5-6-10-14(13)20/h2-11,15,20-21H,1H3,(H,18,22)(H,19,23)/t11-,15+/m1/s1. The number of phenolic OH excluding ortho intramolecular Hbond substituents is 1. The van der Waals surface area contributed by atoms with Gasteiger partial charge in [0.1, 0.15) is 5.75 Å². The van der Waals surface area contributed by atoms with Crippen molar-refractivity contribution in [3.8, 4) is 5.75 Å². The van der Waals surface area contributed by atoms with Crippen molar-refractivity contribution in [3.63, 3.8) is 0 Å². The van der Waals surface area contributed by atoms with Crippen LogP contribution in [0.4, 0.5) is 5.69 Å². The number of para-hydroxylation sites is 2. The summed E-state index contributed by atoms with van der Waals surface area (Å²) in [6.45, 7) is 1.60. The van der Waals surface area contributed by atoms with Gasteiger partial charge in [-0.15, -0.1) is 0 Å². The van der Waals surface area contributed by atoms with E-state index in [-0.39, 0.29) is 11.4 Å². The van der Waals surface area contributed by atoms with Crippen LogP contribution in [0.3, 0.4) is 0 Å². The van der Waals surface area contributed by atoms with Gasteiger partial charge < -0.3 is 20.8 Å². The molecule has 0 saturated carbocycles. The highest BCUT2D eigenvalue weighted by molar-refractivity contribution is 6.39. The zero-order chi connectivity index (χ0) is 16.8. The highest BCUT2D eigenvalue weighted by atomic mass is 16.3. The molecule has 0 bridgehead atoms. The molecular formula is C17H18N2O4. The Kier molecular flexibility index (Phi) is 5.32. The molecule has 6 nitrogen and oxygen atoms in total. The molecule has 0 unspecified atom stereocenters. The Morgan fingerprint density at radius 3 is 2.22 bits per heavy atom. The minimum Gasteiger partial charge on any atom is -0.506 e. The van der Waals surface area contributed by atoms with Crippen molar-refractivity contribution < 1.29 is 19.8 Å². The average Bonchev–Trinajstić information content (AvgIpc) is 2.56. The fourth-order valence-electron chi connectivity index (χ4n) is 2.05. The van der Waals surface area contributed by atoms with E-state index in [2.05, 4.69) is 10.6 Å². The van der Waals surface area contributed by atoms with Gasteiger partial charge in [-0.3, -0.25) is 9.59 Å². The van der Waals surface area contributed by atoms with Crippen molar-refractivity contribution in [1.82, 2.24) is 5.32 Å². The molecule has 120 valence electrons. The number of benzene rings is 2. The van der Waals surface area contributed by atoms with Crippen LogP contribution in [0.1, 0.15) is 18.6 Å². The Balaban J connectivity index is 1.95. The van der Waals surface area contributed by atoms with Crippen molar-refractivity contribution in [2.45, 2.75) is 19.1 Å². The highest BCUT2D eigenvalue weighted by Crippen LogP contribution is 2.21. The van der Waals surface area contributed by atoms with Gasteiger partial charge in [0.2, 0.25) is 0 Å². The molecule has 2 aromatic rings. The number of anilines is 1. The second kappa shape index (κ2) is 7.42. The fraction of sp³-hybridized carbons (Fsp3) is 0.176. The molecule has 0 aliphatic rings. The summed E-state index contributed by atoms with van der Waals surface area (Å²) in [6.07, 6.45) is -0.932. The van der Waals surface area contributed by atoms with Crippen LogP contribution in [0.2, 0.25) is 0 Å². The second-order valence-corrected chi connectivity index (χ2v) is 5.09. The van der Waals surface area contributed by atoms with Crippen molar-refractivity contribution in [1.29, 1.82) is 0 Å². The Morgan fingerprint density at radius 1 is 0.957 bits per heavy atom. The molecule has 2 atom stereocenters. The van der Waals surface area contributed by atoms with E-state index in [0.29, 0.717) is 5.56 Å². The summed E-state index contributed by atoms with van der Waals surface area (Å²) in [4.78, 5) is 23.7. The number of aliphatic hydroxyl groups is 1. The van der Waals surface area contributed by atoms with E-state index in [1.165, 1.54) is 12.1 Å². The Bertz CT molecular complexity index is 688. The number of rotatable bonds is 4. The lowest BCUT2D eigenvalue weighted by molar-refractivity contribution is -0.137. The van der Waals surface area contributed by atoms with E-state index in [1.54, 1.807) is 43.3 Å². The number of phenols is 1. The third-order valence-corrected chi connectivity index (χ3v) is 3.33. The van der Waals surface area contributed by atoms with Crippen LogP contribution in [0.15, 0.2) is 54.6 Å². The molecular weight excluding hydrogens is 296 g/mol. The Hall–Kier alpha value is -2.86.